The molecule has 7 nitrogen and oxygen atoms in total. The number of carbonyl (C=O) groups is 2. The van der Waals surface area contributed by atoms with Crippen molar-refractivity contribution in [2.45, 2.75) is 24.0 Å². The van der Waals surface area contributed by atoms with Crippen molar-refractivity contribution in [2.75, 3.05) is 24.7 Å². The van der Waals surface area contributed by atoms with Gasteiger partial charge in [0, 0.05) is 22.9 Å². The van der Waals surface area contributed by atoms with Gasteiger partial charge in [-0.1, -0.05) is 24.3 Å². The number of hydrogen-bond donors (Lipinski definition) is 0. The van der Waals surface area contributed by atoms with Crippen LogP contribution in [0.1, 0.15) is 34.8 Å². The Morgan fingerprint density at radius 3 is 2.36 bits per heavy atom. The number of amides is 1. The molecular weight excluding hydrogens is 474 g/mol. The van der Waals surface area contributed by atoms with Gasteiger partial charge in [0.25, 0.3) is 5.91 Å². The van der Waals surface area contributed by atoms with E-state index < -0.39 is 18.5 Å². The van der Waals surface area contributed by atoms with E-state index in [1.54, 1.807) is 48.5 Å². The van der Waals surface area contributed by atoms with Crippen molar-refractivity contribution < 1.29 is 19.1 Å². The second kappa shape index (κ2) is 13.6. The number of nitrogens with zero attached hydrogens (tertiary/aromatic N) is 3. The molecule has 0 spiro atoms. The van der Waals surface area contributed by atoms with Crippen molar-refractivity contribution in [1.29, 1.82) is 10.5 Å². The Kier molecular flexibility index (Phi) is 9.93. The van der Waals surface area contributed by atoms with Gasteiger partial charge >= 0.3 is 5.97 Å². The molecule has 0 atom stereocenters. The molecule has 0 unspecified atom stereocenters. The smallest absolute Gasteiger partial charge is 0.339 e. The van der Waals surface area contributed by atoms with Gasteiger partial charge in [0.05, 0.1) is 36.3 Å². The van der Waals surface area contributed by atoms with Crippen LogP contribution in [0.25, 0.3) is 0 Å². The molecule has 0 aromatic heterocycles. The van der Waals surface area contributed by atoms with E-state index in [9.17, 15) is 9.59 Å². The lowest BCUT2D eigenvalue weighted by Gasteiger charge is -2.22. The van der Waals surface area contributed by atoms with Crippen LogP contribution in [0.2, 0.25) is 0 Å². The van der Waals surface area contributed by atoms with E-state index in [2.05, 4.69) is 6.07 Å². The summed E-state index contributed by atoms with van der Waals surface area (Å²) in [5.41, 5.74) is 2.56. The third kappa shape index (κ3) is 7.36. The minimum absolute atomic E-state index is 0.141. The number of thioether (sulfide) groups is 1. The average molecular weight is 500 g/mol. The van der Waals surface area contributed by atoms with Gasteiger partial charge in [-0.05, 0) is 61.0 Å². The minimum Gasteiger partial charge on any atom is -0.494 e. The lowest BCUT2D eigenvalue weighted by molar-refractivity contribution is -0.121. The van der Waals surface area contributed by atoms with Crippen LogP contribution in [0.15, 0.2) is 77.7 Å². The quantitative estimate of drug-likeness (QED) is 0.259. The predicted molar refractivity (Wildman–Crippen MR) is 138 cm³/mol. The number of anilines is 1. The number of rotatable bonds is 11. The van der Waals surface area contributed by atoms with Crippen LogP contribution in [0.3, 0.4) is 0 Å². The molecular formula is C28H25N3O4S. The summed E-state index contributed by atoms with van der Waals surface area (Å²) in [6, 6.07) is 25.4. The lowest BCUT2D eigenvalue weighted by Crippen LogP contribution is -2.35. The third-order valence-electron chi connectivity index (χ3n) is 5.12. The number of benzene rings is 3. The van der Waals surface area contributed by atoms with Gasteiger partial charge in [0.1, 0.15) is 5.75 Å². The standard InChI is InChI=1S/C28H25N3O4S/c1-2-34-24-14-12-23(13-15-24)31(17-5-16-29)27(32)19-35-28(33)25-6-3-4-7-26(25)36-20-22-10-8-21(18-30)9-11-22/h3-4,6-15H,2,5,17,19-20H2,1H3. The Hall–Kier alpha value is -4.27. The molecule has 0 heterocycles. The Labute approximate surface area is 214 Å². The molecule has 0 fully saturated rings. The molecule has 36 heavy (non-hydrogen) atoms. The molecule has 1 amide bonds. The van der Waals surface area contributed by atoms with E-state index >= 15 is 0 Å². The van der Waals surface area contributed by atoms with E-state index in [0.29, 0.717) is 34.9 Å². The number of hydrogen-bond acceptors (Lipinski definition) is 7. The van der Waals surface area contributed by atoms with Crippen molar-refractivity contribution in [3.8, 4) is 17.9 Å². The van der Waals surface area contributed by atoms with E-state index in [-0.39, 0.29) is 13.0 Å². The van der Waals surface area contributed by atoms with Gasteiger partial charge in [-0.25, -0.2) is 4.79 Å². The Bertz CT molecular complexity index is 1260. The van der Waals surface area contributed by atoms with Crippen LogP contribution < -0.4 is 9.64 Å². The molecule has 0 radical (unpaired) electrons. The fraction of sp³-hybridized carbons (Fsp3) is 0.214. The van der Waals surface area contributed by atoms with Gasteiger partial charge in [-0.3, -0.25) is 4.79 Å². The molecule has 0 bridgehead atoms. The van der Waals surface area contributed by atoms with Crippen LogP contribution >= 0.6 is 11.8 Å². The minimum atomic E-state index is -0.599. The first kappa shape index (κ1) is 26.3. The normalized spacial score (nSPS) is 10.1. The molecule has 8 heteroatoms. The summed E-state index contributed by atoms with van der Waals surface area (Å²) >= 11 is 1.47. The second-order valence-electron chi connectivity index (χ2n) is 7.55. The fourth-order valence-corrected chi connectivity index (χ4v) is 4.33. The Balaban J connectivity index is 1.65. The van der Waals surface area contributed by atoms with Crippen LogP contribution in [-0.2, 0) is 15.3 Å². The number of nitriles is 2. The van der Waals surface area contributed by atoms with Crippen LogP contribution in [-0.4, -0.2) is 31.6 Å². The maximum atomic E-state index is 12.9. The maximum Gasteiger partial charge on any atom is 0.339 e. The van der Waals surface area contributed by atoms with Gasteiger partial charge in [-0.2, -0.15) is 10.5 Å². The molecule has 3 rings (SSSR count). The van der Waals surface area contributed by atoms with Crippen molar-refractivity contribution in [3.63, 3.8) is 0 Å². The fourth-order valence-electron chi connectivity index (χ4n) is 3.33. The molecule has 0 aliphatic carbocycles. The summed E-state index contributed by atoms with van der Waals surface area (Å²) in [5.74, 6) is 0.258. The molecule has 0 aliphatic rings. The predicted octanol–water partition coefficient (Wildman–Crippen LogP) is 5.35. The Morgan fingerprint density at radius 1 is 0.972 bits per heavy atom. The van der Waals surface area contributed by atoms with Gasteiger partial charge in [-0.15, -0.1) is 11.8 Å². The summed E-state index contributed by atoms with van der Waals surface area (Å²) < 4.78 is 10.8. The van der Waals surface area contributed by atoms with Crippen LogP contribution in [0.4, 0.5) is 5.69 Å². The summed E-state index contributed by atoms with van der Waals surface area (Å²) in [6.07, 6.45) is 0.141. The highest BCUT2D eigenvalue weighted by molar-refractivity contribution is 7.98. The first-order valence-electron chi connectivity index (χ1n) is 11.3. The molecule has 0 aliphatic heterocycles. The van der Waals surface area contributed by atoms with E-state index in [1.807, 2.05) is 37.3 Å². The third-order valence-corrected chi connectivity index (χ3v) is 6.26. The van der Waals surface area contributed by atoms with Crippen molar-refractivity contribution in [1.82, 2.24) is 0 Å². The summed E-state index contributed by atoms with van der Waals surface area (Å²) in [5, 5.41) is 17.9. The van der Waals surface area contributed by atoms with E-state index in [1.165, 1.54) is 16.7 Å². The van der Waals surface area contributed by atoms with Crippen molar-refractivity contribution >= 4 is 29.3 Å². The van der Waals surface area contributed by atoms with Gasteiger partial charge in [0.15, 0.2) is 6.61 Å². The highest BCUT2D eigenvalue weighted by atomic mass is 32.2. The molecule has 3 aromatic rings. The number of carbonyl (C=O) groups excluding carboxylic acids is 2. The zero-order valence-corrected chi connectivity index (χ0v) is 20.7. The summed E-state index contributed by atoms with van der Waals surface area (Å²) in [7, 11) is 0. The topological polar surface area (TPSA) is 103 Å². The van der Waals surface area contributed by atoms with Crippen LogP contribution in [0.5, 0.6) is 5.75 Å². The van der Waals surface area contributed by atoms with Gasteiger partial charge in [0.2, 0.25) is 0 Å². The molecule has 0 N–H and O–H groups in total. The lowest BCUT2D eigenvalue weighted by atomic mass is 10.2. The van der Waals surface area contributed by atoms with Crippen LogP contribution in [0, 0.1) is 22.7 Å². The van der Waals surface area contributed by atoms with Gasteiger partial charge < -0.3 is 14.4 Å². The van der Waals surface area contributed by atoms with E-state index in [0.717, 1.165) is 10.5 Å². The Morgan fingerprint density at radius 2 is 1.69 bits per heavy atom. The van der Waals surface area contributed by atoms with E-state index in [4.69, 9.17) is 20.0 Å². The maximum absolute atomic E-state index is 12.9. The zero-order valence-electron chi connectivity index (χ0n) is 19.8. The highest BCUT2D eigenvalue weighted by Gasteiger charge is 2.20. The summed E-state index contributed by atoms with van der Waals surface area (Å²) in [4.78, 5) is 27.9. The zero-order chi connectivity index (χ0) is 25.8. The van der Waals surface area contributed by atoms with Crippen molar-refractivity contribution in [2.24, 2.45) is 0 Å². The first-order chi connectivity index (χ1) is 17.5. The molecule has 3 aromatic carbocycles. The highest BCUT2D eigenvalue weighted by Crippen LogP contribution is 2.27. The first-order valence-corrected chi connectivity index (χ1v) is 12.3. The number of esters is 1. The molecule has 182 valence electrons. The second-order valence-corrected chi connectivity index (χ2v) is 8.57. The average Bonchev–Trinajstić information content (AvgIpc) is 2.92. The SMILES string of the molecule is CCOc1ccc(N(CCC#N)C(=O)COC(=O)c2ccccc2SCc2ccc(C#N)cc2)cc1. The largest absolute Gasteiger partial charge is 0.494 e. The number of ether oxygens (including phenoxy) is 2. The monoisotopic (exact) mass is 499 g/mol. The van der Waals surface area contributed by atoms with Crippen molar-refractivity contribution in [3.05, 3.63) is 89.5 Å². The summed E-state index contributed by atoms with van der Waals surface area (Å²) in [6.45, 7) is 2.14. The molecule has 0 saturated carbocycles. The molecule has 0 saturated heterocycles.